The zero-order valence-electron chi connectivity index (χ0n) is 30.0. The van der Waals surface area contributed by atoms with Crippen molar-refractivity contribution in [3.05, 3.63) is 219 Å². The molecule has 0 saturated carbocycles. The van der Waals surface area contributed by atoms with Crippen molar-refractivity contribution in [3.8, 4) is 43.1 Å². The highest BCUT2D eigenvalue weighted by Gasteiger charge is 2.16. The molecule has 0 fully saturated rings. The van der Waals surface area contributed by atoms with Crippen LogP contribution >= 0.6 is 11.3 Å². The molecule has 262 valence electrons. The standard InChI is InChI=1S/C50H36N4S/c1-3-9-37(10-4-1)39-15-23-43(24-16-39)53(47-13-7-33-51-35-47)45-27-19-41(20-28-45)49-31-32-50(55-49)42-21-29-46(30-22-42)54(48-14-8-34-52-36-48)44-25-17-40(18-26-44)38-11-5-2-6-12-38/h1-36H. The van der Waals surface area contributed by atoms with E-state index in [4.69, 9.17) is 0 Å². The van der Waals surface area contributed by atoms with Crippen molar-refractivity contribution in [2.45, 2.75) is 0 Å². The Morgan fingerprint density at radius 2 is 0.600 bits per heavy atom. The molecule has 0 spiro atoms. The number of pyridine rings is 2. The third-order valence-electron chi connectivity index (χ3n) is 9.70. The van der Waals surface area contributed by atoms with Crippen LogP contribution in [-0.4, -0.2) is 9.97 Å². The predicted molar refractivity (Wildman–Crippen MR) is 231 cm³/mol. The van der Waals surface area contributed by atoms with Crippen LogP contribution in [0.25, 0.3) is 43.1 Å². The summed E-state index contributed by atoms with van der Waals surface area (Å²) in [6.45, 7) is 0. The SMILES string of the molecule is c1ccc(-c2ccc(N(c3ccc(-c4ccc(-c5ccc(N(c6ccc(-c7ccccc7)cc6)c6cccnc6)cc5)s4)cc3)c3cccnc3)cc2)cc1. The van der Waals surface area contributed by atoms with Gasteiger partial charge in [-0.1, -0.05) is 109 Å². The van der Waals surface area contributed by atoms with Crippen LogP contribution in [0.2, 0.25) is 0 Å². The van der Waals surface area contributed by atoms with Crippen molar-refractivity contribution in [2.75, 3.05) is 9.80 Å². The molecule has 55 heavy (non-hydrogen) atoms. The first-order valence-corrected chi connectivity index (χ1v) is 19.1. The Kier molecular flexibility index (Phi) is 9.50. The topological polar surface area (TPSA) is 32.3 Å². The quantitative estimate of drug-likeness (QED) is 0.141. The fraction of sp³-hybridized carbons (Fsp3) is 0. The Morgan fingerprint density at radius 3 is 0.927 bits per heavy atom. The van der Waals surface area contributed by atoms with Gasteiger partial charge in [-0.05, 0) is 118 Å². The minimum atomic E-state index is 1.01. The Morgan fingerprint density at radius 1 is 0.273 bits per heavy atom. The average molecular weight is 725 g/mol. The second-order valence-corrected chi connectivity index (χ2v) is 14.3. The summed E-state index contributed by atoms with van der Waals surface area (Å²) < 4.78 is 0. The van der Waals surface area contributed by atoms with Gasteiger partial charge in [-0.25, -0.2) is 0 Å². The first-order valence-electron chi connectivity index (χ1n) is 18.3. The molecule has 0 atom stereocenters. The monoisotopic (exact) mass is 724 g/mol. The first-order chi connectivity index (χ1) is 27.3. The summed E-state index contributed by atoms with van der Waals surface area (Å²) in [5.74, 6) is 0. The van der Waals surface area contributed by atoms with Crippen LogP contribution in [0.4, 0.5) is 34.1 Å². The Bertz CT molecular complexity index is 2410. The lowest BCUT2D eigenvalue weighted by molar-refractivity contribution is 1.23. The molecule has 3 heterocycles. The molecule has 0 aliphatic rings. The molecule has 0 amide bonds. The lowest BCUT2D eigenvalue weighted by Gasteiger charge is -2.25. The lowest BCUT2D eigenvalue weighted by atomic mass is 10.0. The average Bonchev–Trinajstić information content (AvgIpc) is 3.77. The summed E-state index contributed by atoms with van der Waals surface area (Å²) in [4.78, 5) is 15.8. The number of hydrogen-bond donors (Lipinski definition) is 0. The maximum absolute atomic E-state index is 4.43. The van der Waals surface area contributed by atoms with Gasteiger partial charge in [-0.15, -0.1) is 11.3 Å². The highest BCUT2D eigenvalue weighted by molar-refractivity contribution is 7.18. The van der Waals surface area contributed by atoms with Crippen molar-refractivity contribution >= 4 is 45.5 Å². The summed E-state index contributed by atoms with van der Waals surface area (Å²) in [6.07, 6.45) is 7.44. The van der Waals surface area contributed by atoms with Crippen molar-refractivity contribution in [1.82, 2.24) is 9.97 Å². The van der Waals surface area contributed by atoms with E-state index in [0.29, 0.717) is 0 Å². The summed E-state index contributed by atoms with van der Waals surface area (Å²) in [7, 11) is 0. The van der Waals surface area contributed by atoms with E-state index < -0.39 is 0 Å². The number of anilines is 6. The number of hydrogen-bond acceptors (Lipinski definition) is 5. The molecule has 0 radical (unpaired) electrons. The largest absolute Gasteiger partial charge is 0.309 e. The maximum atomic E-state index is 4.43. The fourth-order valence-electron chi connectivity index (χ4n) is 6.93. The number of aromatic nitrogens is 2. The van der Waals surface area contributed by atoms with Crippen molar-refractivity contribution in [3.63, 3.8) is 0 Å². The second kappa shape index (κ2) is 15.5. The van der Waals surface area contributed by atoms with E-state index in [1.54, 1.807) is 11.3 Å². The van der Waals surface area contributed by atoms with Gasteiger partial charge in [0.1, 0.15) is 0 Å². The minimum absolute atomic E-state index is 1.01. The van der Waals surface area contributed by atoms with Gasteiger partial charge in [-0.3, -0.25) is 9.97 Å². The molecule has 5 heteroatoms. The zero-order valence-corrected chi connectivity index (χ0v) is 30.8. The highest BCUT2D eigenvalue weighted by atomic mass is 32.1. The summed E-state index contributed by atoms with van der Waals surface area (Å²) in [5.41, 5.74) is 13.5. The van der Waals surface area contributed by atoms with E-state index in [1.165, 1.54) is 43.1 Å². The van der Waals surface area contributed by atoms with E-state index >= 15 is 0 Å². The Labute approximate surface area is 325 Å². The molecular weight excluding hydrogens is 689 g/mol. The van der Waals surface area contributed by atoms with E-state index in [1.807, 2.05) is 49.1 Å². The predicted octanol–water partition coefficient (Wildman–Crippen LogP) is 14.1. The third-order valence-corrected chi connectivity index (χ3v) is 10.9. The second-order valence-electron chi connectivity index (χ2n) is 13.2. The van der Waals surface area contributed by atoms with E-state index in [-0.39, 0.29) is 0 Å². The van der Waals surface area contributed by atoms with Crippen molar-refractivity contribution < 1.29 is 0 Å². The van der Waals surface area contributed by atoms with Gasteiger partial charge < -0.3 is 9.80 Å². The van der Waals surface area contributed by atoms with Crippen LogP contribution in [0, 0.1) is 0 Å². The van der Waals surface area contributed by atoms with Gasteiger partial charge in [-0.2, -0.15) is 0 Å². The van der Waals surface area contributed by atoms with Gasteiger partial charge in [0.2, 0.25) is 0 Å². The molecule has 9 aromatic rings. The molecule has 3 aromatic heterocycles. The molecule has 9 rings (SSSR count). The molecule has 0 saturated heterocycles. The molecule has 4 nitrogen and oxygen atoms in total. The highest BCUT2D eigenvalue weighted by Crippen LogP contribution is 2.40. The molecule has 0 unspecified atom stereocenters. The molecule has 6 aromatic carbocycles. The van der Waals surface area contributed by atoms with Gasteiger partial charge >= 0.3 is 0 Å². The zero-order chi connectivity index (χ0) is 36.8. The third kappa shape index (κ3) is 7.30. The van der Waals surface area contributed by atoms with Crippen LogP contribution in [0.15, 0.2) is 219 Å². The number of rotatable bonds is 10. The van der Waals surface area contributed by atoms with Crippen LogP contribution < -0.4 is 9.80 Å². The number of nitrogens with zero attached hydrogens (tertiary/aromatic N) is 4. The van der Waals surface area contributed by atoms with Crippen molar-refractivity contribution in [1.29, 1.82) is 0 Å². The van der Waals surface area contributed by atoms with Crippen LogP contribution in [0.5, 0.6) is 0 Å². The van der Waals surface area contributed by atoms with Crippen LogP contribution in [-0.2, 0) is 0 Å². The number of benzene rings is 6. The van der Waals surface area contributed by atoms with Gasteiger partial charge in [0.05, 0.1) is 23.8 Å². The first kappa shape index (κ1) is 33.7. The van der Waals surface area contributed by atoms with Gasteiger partial charge in [0.25, 0.3) is 0 Å². The van der Waals surface area contributed by atoms with Crippen LogP contribution in [0.1, 0.15) is 0 Å². The maximum Gasteiger partial charge on any atom is 0.0644 e. The molecule has 0 aliphatic carbocycles. The normalized spacial score (nSPS) is 10.9. The van der Waals surface area contributed by atoms with E-state index in [9.17, 15) is 0 Å². The molecule has 0 bridgehead atoms. The fourth-order valence-corrected chi connectivity index (χ4v) is 7.95. The van der Waals surface area contributed by atoms with Gasteiger partial charge in [0, 0.05) is 44.9 Å². The van der Waals surface area contributed by atoms with E-state index in [2.05, 4.69) is 190 Å². The Hall–Kier alpha value is -7.08. The molecule has 0 aliphatic heterocycles. The van der Waals surface area contributed by atoms with Crippen LogP contribution in [0.3, 0.4) is 0 Å². The molecule has 0 N–H and O–H groups in total. The molecular formula is C50H36N4S. The smallest absolute Gasteiger partial charge is 0.0644 e. The minimum Gasteiger partial charge on any atom is -0.309 e. The number of thiophene rings is 1. The Balaban J connectivity index is 0.962. The summed E-state index contributed by atoms with van der Waals surface area (Å²) in [6, 6.07) is 68.6. The summed E-state index contributed by atoms with van der Waals surface area (Å²) >= 11 is 1.80. The summed E-state index contributed by atoms with van der Waals surface area (Å²) in [5, 5.41) is 0. The van der Waals surface area contributed by atoms with Crippen molar-refractivity contribution in [2.24, 2.45) is 0 Å². The lowest BCUT2D eigenvalue weighted by Crippen LogP contribution is -2.10. The van der Waals surface area contributed by atoms with Gasteiger partial charge in [0.15, 0.2) is 0 Å². The van der Waals surface area contributed by atoms with E-state index in [0.717, 1.165) is 34.1 Å².